The number of hydrogen-bond donors (Lipinski definition) is 1. The molecular formula is C21H25N3O5. The molecule has 0 unspecified atom stereocenters. The molecule has 0 bridgehead atoms. The maximum atomic E-state index is 12.1. The molecule has 1 aliphatic rings. The number of rotatable bonds is 8. The lowest BCUT2D eigenvalue weighted by atomic mass is 10.2. The van der Waals surface area contributed by atoms with Crippen LogP contribution in [0.2, 0.25) is 0 Å². The highest BCUT2D eigenvalue weighted by atomic mass is 16.5. The minimum Gasteiger partial charge on any atom is -0.497 e. The molecule has 2 aromatic rings. The number of anilines is 1. The van der Waals surface area contributed by atoms with Crippen LogP contribution in [-0.2, 0) is 9.53 Å². The van der Waals surface area contributed by atoms with Gasteiger partial charge < -0.3 is 24.3 Å². The first-order valence-corrected chi connectivity index (χ1v) is 9.29. The molecule has 1 saturated heterocycles. The second-order valence-corrected chi connectivity index (χ2v) is 6.29. The first kappa shape index (κ1) is 20.5. The van der Waals surface area contributed by atoms with Crippen molar-refractivity contribution in [1.29, 1.82) is 0 Å². The Morgan fingerprint density at radius 2 is 1.86 bits per heavy atom. The Labute approximate surface area is 170 Å². The summed E-state index contributed by atoms with van der Waals surface area (Å²) in [5.74, 6) is 1.48. The van der Waals surface area contributed by atoms with E-state index in [0.717, 1.165) is 24.4 Å². The number of methoxy groups -OCH3 is 2. The second-order valence-electron chi connectivity index (χ2n) is 6.29. The van der Waals surface area contributed by atoms with Crippen molar-refractivity contribution in [3.63, 3.8) is 0 Å². The van der Waals surface area contributed by atoms with Crippen LogP contribution in [0.1, 0.15) is 5.56 Å². The number of morpholine rings is 1. The average Bonchev–Trinajstić information content (AvgIpc) is 2.77. The molecule has 0 atom stereocenters. The highest BCUT2D eigenvalue weighted by Gasteiger charge is 2.10. The van der Waals surface area contributed by atoms with Gasteiger partial charge in [-0.1, -0.05) is 0 Å². The summed E-state index contributed by atoms with van der Waals surface area (Å²) >= 11 is 0. The molecule has 1 aliphatic heterocycles. The summed E-state index contributed by atoms with van der Waals surface area (Å²) in [5, 5.41) is 9.18. The zero-order valence-corrected chi connectivity index (χ0v) is 16.6. The number of hydrogen-bond acceptors (Lipinski definition) is 7. The molecule has 29 heavy (non-hydrogen) atoms. The van der Waals surface area contributed by atoms with Gasteiger partial charge >= 0.3 is 0 Å². The maximum absolute atomic E-state index is 12.1. The van der Waals surface area contributed by atoms with E-state index < -0.39 is 0 Å². The molecule has 1 N–H and O–H groups in total. The topological polar surface area (TPSA) is 81.6 Å². The van der Waals surface area contributed by atoms with Crippen LogP contribution in [0.4, 0.5) is 5.69 Å². The summed E-state index contributed by atoms with van der Waals surface area (Å²) in [5.41, 5.74) is 1.55. The molecular weight excluding hydrogens is 374 g/mol. The smallest absolute Gasteiger partial charge is 0.262 e. The molecule has 2 aromatic carbocycles. The number of carbonyl (C=O) groups is 1. The van der Waals surface area contributed by atoms with Crippen LogP contribution in [0.3, 0.4) is 0 Å². The highest BCUT2D eigenvalue weighted by Crippen LogP contribution is 2.27. The summed E-state index contributed by atoms with van der Waals surface area (Å²) < 4.78 is 21.4. The van der Waals surface area contributed by atoms with Gasteiger partial charge in [-0.05, 0) is 48.0 Å². The lowest BCUT2D eigenvalue weighted by Crippen LogP contribution is -2.32. The summed E-state index contributed by atoms with van der Waals surface area (Å²) in [6.45, 7) is 2.79. The monoisotopic (exact) mass is 399 g/mol. The minimum absolute atomic E-state index is 0.135. The van der Waals surface area contributed by atoms with Crippen LogP contribution < -0.4 is 19.5 Å². The van der Waals surface area contributed by atoms with E-state index in [4.69, 9.17) is 18.9 Å². The molecule has 1 fully saturated rings. The van der Waals surface area contributed by atoms with E-state index in [9.17, 15) is 4.79 Å². The van der Waals surface area contributed by atoms with Crippen molar-refractivity contribution in [2.75, 3.05) is 52.4 Å². The van der Waals surface area contributed by atoms with E-state index in [-0.39, 0.29) is 12.5 Å². The Hall–Kier alpha value is -3.26. The van der Waals surface area contributed by atoms with Gasteiger partial charge in [-0.2, -0.15) is 5.10 Å². The lowest BCUT2D eigenvalue weighted by molar-refractivity contribution is -0.118. The Morgan fingerprint density at radius 1 is 1.10 bits per heavy atom. The number of hydrazone groups is 1. The van der Waals surface area contributed by atoms with Crippen LogP contribution in [0.15, 0.2) is 47.6 Å². The Bertz CT molecular complexity index is 833. The van der Waals surface area contributed by atoms with Crippen molar-refractivity contribution in [3.05, 3.63) is 48.0 Å². The van der Waals surface area contributed by atoms with Gasteiger partial charge in [-0.3, -0.25) is 9.80 Å². The molecule has 0 aliphatic carbocycles. The normalized spacial score (nSPS) is 13.9. The van der Waals surface area contributed by atoms with Crippen molar-refractivity contribution < 1.29 is 23.7 Å². The van der Waals surface area contributed by atoms with Gasteiger partial charge in [0.2, 0.25) is 0 Å². The third-order valence-corrected chi connectivity index (χ3v) is 4.28. The lowest BCUT2D eigenvalue weighted by Gasteiger charge is -2.23. The third kappa shape index (κ3) is 6.11. The fourth-order valence-electron chi connectivity index (χ4n) is 2.72. The van der Waals surface area contributed by atoms with Crippen LogP contribution in [0.5, 0.6) is 17.2 Å². The van der Waals surface area contributed by atoms with Crippen molar-refractivity contribution in [3.8, 4) is 17.2 Å². The third-order valence-electron chi connectivity index (χ3n) is 4.28. The van der Waals surface area contributed by atoms with E-state index in [1.807, 2.05) is 17.1 Å². The zero-order chi connectivity index (χ0) is 20.5. The van der Waals surface area contributed by atoms with Gasteiger partial charge in [0.15, 0.2) is 18.1 Å². The molecule has 0 radical (unpaired) electrons. The predicted molar refractivity (Wildman–Crippen MR) is 110 cm³/mol. The first-order valence-electron chi connectivity index (χ1n) is 9.29. The minimum atomic E-state index is -0.268. The number of amides is 1. The maximum Gasteiger partial charge on any atom is 0.262 e. The fourth-order valence-corrected chi connectivity index (χ4v) is 2.72. The summed E-state index contributed by atoms with van der Waals surface area (Å²) in [6.07, 6.45) is 1.77. The van der Waals surface area contributed by atoms with Crippen molar-refractivity contribution in [2.24, 2.45) is 5.10 Å². The van der Waals surface area contributed by atoms with Crippen LogP contribution >= 0.6 is 0 Å². The summed E-state index contributed by atoms with van der Waals surface area (Å²) in [6, 6.07) is 12.5. The van der Waals surface area contributed by atoms with Gasteiger partial charge in [0.25, 0.3) is 5.91 Å². The Morgan fingerprint density at radius 3 is 2.55 bits per heavy atom. The molecule has 154 valence electrons. The van der Waals surface area contributed by atoms with Gasteiger partial charge in [0.05, 0.1) is 46.7 Å². The van der Waals surface area contributed by atoms with E-state index in [1.54, 1.807) is 50.8 Å². The number of nitrogens with one attached hydrogen (secondary N) is 1. The molecule has 8 heteroatoms. The van der Waals surface area contributed by atoms with E-state index >= 15 is 0 Å². The fraction of sp³-hybridized carbons (Fsp3) is 0.333. The van der Waals surface area contributed by atoms with Gasteiger partial charge in [-0.25, -0.2) is 0 Å². The number of carbonyl (C=O) groups excluding carboxylic acids is 1. The number of benzene rings is 2. The van der Waals surface area contributed by atoms with Crippen LogP contribution in [0, 0.1) is 0 Å². The highest BCUT2D eigenvalue weighted by molar-refractivity contribution is 5.92. The molecule has 3 rings (SSSR count). The molecule has 0 saturated carbocycles. The second kappa shape index (κ2) is 10.3. The molecule has 0 aromatic heterocycles. The zero-order valence-electron chi connectivity index (χ0n) is 16.6. The Balaban J connectivity index is 1.55. The largest absolute Gasteiger partial charge is 0.497 e. The number of nitrogens with zero attached hydrogens (tertiary/aromatic N) is 2. The van der Waals surface area contributed by atoms with Crippen molar-refractivity contribution >= 4 is 17.8 Å². The van der Waals surface area contributed by atoms with E-state index in [2.05, 4.69) is 10.4 Å². The summed E-state index contributed by atoms with van der Waals surface area (Å²) in [4.78, 5) is 12.1. The standard InChI is InChI=1S/C21H25N3O5/c1-26-18-6-4-17(5-7-18)23-21(25)15-29-19-8-3-16(13-20(19)27-2)14-22-24-9-11-28-12-10-24/h3-8,13-14H,9-12,15H2,1-2H3,(H,23,25)/b22-14+. The molecule has 0 spiro atoms. The van der Waals surface area contributed by atoms with Gasteiger partial charge in [-0.15, -0.1) is 0 Å². The first-order chi connectivity index (χ1) is 14.2. The molecule has 8 nitrogen and oxygen atoms in total. The van der Waals surface area contributed by atoms with Crippen molar-refractivity contribution in [1.82, 2.24) is 5.01 Å². The van der Waals surface area contributed by atoms with Crippen LogP contribution in [-0.4, -0.2) is 64.3 Å². The quantitative estimate of drug-likeness (QED) is 0.687. The Kier molecular flexibility index (Phi) is 7.29. The van der Waals surface area contributed by atoms with E-state index in [1.165, 1.54) is 0 Å². The van der Waals surface area contributed by atoms with E-state index in [0.29, 0.717) is 30.4 Å². The number of ether oxygens (including phenoxy) is 4. The summed E-state index contributed by atoms with van der Waals surface area (Å²) in [7, 11) is 3.15. The molecule has 1 amide bonds. The van der Waals surface area contributed by atoms with Gasteiger partial charge in [0.1, 0.15) is 5.75 Å². The van der Waals surface area contributed by atoms with Crippen molar-refractivity contribution in [2.45, 2.75) is 0 Å². The van der Waals surface area contributed by atoms with Gasteiger partial charge in [0, 0.05) is 5.69 Å². The average molecular weight is 399 g/mol. The SMILES string of the molecule is COc1ccc(NC(=O)COc2ccc(/C=N/N3CCOCC3)cc2OC)cc1. The van der Waals surface area contributed by atoms with Crippen LogP contribution in [0.25, 0.3) is 0 Å². The predicted octanol–water partition coefficient (Wildman–Crippen LogP) is 2.39. The molecule has 1 heterocycles.